The summed E-state index contributed by atoms with van der Waals surface area (Å²) >= 11 is 0. The fourth-order valence-corrected chi connectivity index (χ4v) is 3.39. The molecule has 0 amide bonds. The van der Waals surface area contributed by atoms with E-state index in [1.54, 1.807) is 0 Å². The number of carboxylic acid groups (broad SMARTS) is 1. The van der Waals surface area contributed by atoms with Crippen molar-refractivity contribution in [3.8, 4) is 0 Å². The van der Waals surface area contributed by atoms with Crippen molar-refractivity contribution in [2.45, 2.75) is 109 Å². The number of carbonyl (C=O) groups excluding carboxylic acids is 2. The molecule has 3 N–H and O–H groups in total. The minimum absolute atomic E-state index is 0. The molecule has 0 saturated heterocycles. The number of aliphatic carboxylic acids is 1. The Kier molecular flexibility index (Phi) is 39.3. The van der Waals surface area contributed by atoms with Crippen molar-refractivity contribution < 1.29 is 101 Å². The number of nitrogens with one attached hydrogen (secondary N) is 1. The maximum absolute atomic E-state index is 10.3. The standard InChI is InChI=1S/C20H41NO2.C4H6O7S.2Na/c1-2-3-4-12-15-20(23)16-13-10-8-6-5-7-9-11-14-17-21-18-19-22;5-3(6)1-2-4(7)11-12(8,9)10;;/h10,13,20-23H,2-9,11-12,14-19H2,1H3;1-2H2,(H,5,6)(H,8,9,10);;/q;;2*+1/p-2/b13-10-;;;/t20-;;;/m1.../s1. The molecule has 0 spiro atoms. The summed E-state index contributed by atoms with van der Waals surface area (Å²) in [5, 5.41) is 31.4. The summed E-state index contributed by atoms with van der Waals surface area (Å²) in [5.74, 6) is -2.94. The van der Waals surface area contributed by atoms with Gasteiger partial charge in [-0.25, -0.2) is 8.42 Å². The molecule has 0 aromatic rings. The summed E-state index contributed by atoms with van der Waals surface area (Å²) in [6.07, 6.45) is 18.5. The summed E-state index contributed by atoms with van der Waals surface area (Å²) in [5.41, 5.74) is 0. The van der Waals surface area contributed by atoms with E-state index in [-0.39, 0.29) is 71.8 Å². The van der Waals surface area contributed by atoms with Crippen molar-refractivity contribution in [2.24, 2.45) is 0 Å². The first-order valence-corrected chi connectivity index (χ1v) is 14.0. The van der Waals surface area contributed by atoms with Crippen LogP contribution in [0.15, 0.2) is 12.2 Å². The molecule has 0 saturated carbocycles. The maximum atomic E-state index is 10.3. The Bertz CT molecular complexity index is 650. The average molecular weight is 570 g/mol. The molecule has 0 fully saturated rings. The fraction of sp³-hybridized carbons (Fsp3) is 0.833. The van der Waals surface area contributed by atoms with Gasteiger partial charge in [0.15, 0.2) is 0 Å². The molecule has 0 aromatic heterocycles. The molecule has 0 rings (SSSR count). The number of hydrogen-bond donors (Lipinski definition) is 3. The van der Waals surface area contributed by atoms with Crippen LogP contribution in [-0.2, 0) is 24.2 Å². The van der Waals surface area contributed by atoms with Crippen LogP contribution in [-0.4, -0.2) is 60.9 Å². The summed E-state index contributed by atoms with van der Waals surface area (Å²) in [4.78, 5) is 20.0. The van der Waals surface area contributed by atoms with Crippen LogP contribution in [0.1, 0.15) is 103 Å². The van der Waals surface area contributed by atoms with Crippen LogP contribution in [0.5, 0.6) is 0 Å². The normalized spacial score (nSPS) is 11.6. The van der Waals surface area contributed by atoms with Gasteiger partial charge in [-0.2, -0.15) is 0 Å². The molecule has 0 radical (unpaired) electrons. The Balaban J connectivity index is -0.000000332. The van der Waals surface area contributed by atoms with Gasteiger partial charge in [0.05, 0.1) is 19.1 Å². The van der Waals surface area contributed by atoms with E-state index in [0.717, 1.165) is 32.4 Å². The number of carbonyl (C=O) groups is 2. The molecule has 13 heteroatoms. The Labute approximate surface area is 267 Å². The minimum Gasteiger partial charge on any atom is -0.716 e. The van der Waals surface area contributed by atoms with Gasteiger partial charge < -0.3 is 34.2 Å². The van der Waals surface area contributed by atoms with Crippen LogP contribution < -0.4 is 69.5 Å². The van der Waals surface area contributed by atoms with Gasteiger partial charge >= 0.3 is 65.1 Å². The number of allylic oxidation sites excluding steroid dienone is 1. The number of hydrogen-bond acceptors (Lipinski definition) is 10. The quantitative estimate of drug-likeness (QED) is 0.0384. The van der Waals surface area contributed by atoms with Crippen molar-refractivity contribution >= 4 is 22.3 Å². The second-order valence-electron chi connectivity index (χ2n) is 8.33. The maximum Gasteiger partial charge on any atom is 1.00 e. The largest absolute Gasteiger partial charge is 1.00 e. The first-order chi connectivity index (χ1) is 16.6. The Morgan fingerprint density at radius 3 is 2.08 bits per heavy atom. The third-order valence-electron chi connectivity index (χ3n) is 4.96. The Morgan fingerprint density at radius 2 is 1.51 bits per heavy atom. The molecule has 0 aliphatic heterocycles. The second kappa shape index (κ2) is 32.7. The molecule has 0 aliphatic carbocycles. The van der Waals surface area contributed by atoms with Crippen LogP contribution in [0.3, 0.4) is 0 Å². The van der Waals surface area contributed by atoms with E-state index < -0.39 is 35.2 Å². The zero-order chi connectivity index (χ0) is 26.8. The molecule has 0 bridgehead atoms. The van der Waals surface area contributed by atoms with E-state index in [1.807, 2.05) is 0 Å². The minimum atomic E-state index is -5.08. The van der Waals surface area contributed by atoms with Gasteiger partial charge in [0, 0.05) is 12.5 Å². The van der Waals surface area contributed by atoms with Crippen LogP contribution in [0.2, 0.25) is 0 Å². The van der Waals surface area contributed by atoms with E-state index in [4.69, 9.17) is 5.11 Å². The zero-order valence-electron chi connectivity index (χ0n) is 23.1. The molecule has 0 aromatic carbocycles. The smallest absolute Gasteiger partial charge is 0.716 e. The van der Waals surface area contributed by atoms with Crippen LogP contribution in [0, 0.1) is 0 Å². The second-order valence-corrected chi connectivity index (χ2v) is 9.31. The van der Waals surface area contributed by atoms with Crippen molar-refractivity contribution in [1.29, 1.82) is 0 Å². The molecular weight excluding hydrogens is 524 g/mol. The molecule has 0 unspecified atom stereocenters. The number of carboxylic acids is 1. The van der Waals surface area contributed by atoms with Crippen molar-refractivity contribution in [2.75, 3.05) is 19.7 Å². The van der Waals surface area contributed by atoms with Gasteiger partial charge in [-0.1, -0.05) is 70.4 Å². The van der Waals surface area contributed by atoms with Crippen molar-refractivity contribution in [1.82, 2.24) is 5.32 Å². The molecule has 0 heterocycles. The van der Waals surface area contributed by atoms with Crippen LogP contribution in [0.25, 0.3) is 0 Å². The van der Waals surface area contributed by atoms with Gasteiger partial charge in [0.25, 0.3) is 10.4 Å². The molecule has 1 atom stereocenters. The predicted molar refractivity (Wildman–Crippen MR) is 131 cm³/mol. The fourth-order valence-electron chi connectivity index (χ4n) is 3.08. The summed E-state index contributed by atoms with van der Waals surface area (Å²) in [7, 11) is -5.08. The third-order valence-corrected chi connectivity index (χ3v) is 5.35. The molecule has 0 aliphatic rings. The number of aliphatic hydroxyl groups is 2. The summed E-state index contributed by atoms with van der Waals surface area (Å²) in [6.45, 7) is 4.21. The van der Waals surface area contributed by atoms with Gasteiger partial charge in [0.2, 0.25) is 0 Å². The summed E-state index contributed by atoms with van der Waals surface area (Å²) < 4.78 is 32.4. The zero-order valence-corrected chi connectivity index (χ0v) is 27.9. The van der Waals surface area contributed by atoms with Gasteiger partial charge in [-0.05, 0) is 45.1 Å². The molecule has 208 valence electrons. The SMILES string of the molecule is CCCCCC[C@@H](O)C/C=C\CCCCCCCCNCCO.O=C([O-])CCC(=O)OS(=O)(=O)[O-].[Na+].[Na+]. The van der Waals surface area contributed by atoms with Gasteiger partial charge in [0.1, 0.15) is 0 Å². The van der Waals surface area contributed by atoms with Crippen LogP contribution in [0.4, 0.5) is 0 Å². The van der Waals surface area contributed by atoms with E-state index >= 15 is 0 Å². The number of unbranched alkanes of at least 4 members (excludes halogenated alkanes) is 9. The molecule has 10 nitrogen and oxygen atoms in total. The van der Waals surface area contributed by atoms with Crippen molar-refractivity contribution in [3.63, 3.8) is 0 Å². The van der Waals surface area contributed by atoms with Gasteiger partial charge in [-0.3, -0.25) is 4.79 Å². The Hall–Kier alpha value is 0.470. The first-order valence-electron chi connectivity index (χ1n) is 12.6. The molecular formula is C24H45NNa2O9S. The monoisotopic (exact) mass is 569 g/mol. The van der Waals surface area contributed by atoms with E-state index in [0.29, 0.717) is 0 Å². The summed E-state index contributed by atoms with van der Waals surface area (Å²) in [6, 6.07) is 0. The predicted octanol–water partition coefficient (Wildman–Crippen LogP) is -3.90. The topological polar surface area (TPSA) is 176 Å². The van der Waals surface area contributed by atoms with Gasteiger partial charge in [-0.15, -0.1) is 0 Å². The van der Waals surface area contributed by atoms with E-state index in [2.05, 4.69) is 28.6 Å². The Morgan fingerprint density at radius 1 is 0.919 bits per heavy atom. The van der Waals surface area contributed by atoms with Crippen molar-refractivity contribution in [3.05, 3.63) is 12.2 Å². The third kappa shape index (κ3) is 43.8. The van der Waals surface area contributed by atoms with E-state index in [1.165, 1.54) is 64.2 Å². The number of rotatable bonds is 22. The van der Waals surface area contributed by atoms with E-state index in [9.17, 15) is 32.8 Å². The average Bonchev–Trinajstić information content (AvgIpc) is 2.78. The number of aliphatic hydroxyl groups excluding tert-OH is 2. The first kappa shape index (κ1) is 44.5. The molecule has 37 heavy (non-hydrogen) atoms. The van der Waals surface area contributed by atoms with Crippen LogP contribution >= 0.6 is 0 Å².